The van der Waals surface area contributed by atoms with Crippen LogP contribution in [-0.2, 0) is 17.8 Å². The van der Waals surface area contributed by atoms with Gasteiger partial charge < -0.3 is 15.0 Å². The molecule has 2 N–H and O–H groups in total. The third kappa shape index (κ3) is 2.59. The zero-order valence-electron chi connectivity index (χ0n) is 9.69. The van der Waals surface area contributed by atoms with Crippen LogP contribution in [0, 0.1) is 5.92 Å². The molecule has 0 spiro atoms. The van der Waals surface area contributed by atoms with E-state index in [1.54, 1.807) is 0 Å². The number of aryl methyl sites for hydroxylation is 1. The van der Waals surface area contributed by atoms with Crippen molar-refractivity contribution in [2.75, 3.05) is 6.54 Å². The summed E-state index contributed by atoms with van der Waals surface area (Å²) in [6.45, 7) is 3.11. The summed E-state index contributed by atoms with van der Waals surface area (Å²) in [7, 11) is 0. The summed E-state index contributed by atoms with van der Waals surface area (Å²) in [5, 5.41) is 3.83. The maximum atomic E-state index is 5.77. The molecular weight excluding hydrogens is 206 g/mol. The fourth-order valence-corrected chi connectivity index (χ4v) is 2.16. The van der Waals surface area contributed by atoms with E-state index >= 15 is 0 Å². The first-order chi connectivity index (χ1) is 7.83. The Morgan fingerprint density at radius 1 is 1.50 bits per heavy atom. The maximum Gasteiger partial charge on any atom is 0.252 e. The van der Waals surface area contributed by atoms with Gasteiger partial charge in [0.05, 0.1) is 6.10 Å². The minimum Gasteiger partial charge on any atom is -0.368 e. The van der Waals surface area contributed by atoms with Crippen LogP contribution in [0.4, 0.5) is 0 Å². The molecule has 0 aromatic carbocycles. The molecule has 16 heavy (non-hydrogen) atoms. The first-order valence-corrected chi connectivity index (χ1v) is 5.96. The normalized spacial score (nSPS) is 25.1. The van der Waals surface area contributed by atoms with E-state index in [4.69, 9.17) is 15.0 Å². The van der Waals surface area contributed by atoms with Gasteiger partial charge in [-0.15, -0.1) is 0 Å². The van der Waals surface area contributed by atoms with Gasteiger partial charge in [-0.2, -0.15) is 4.98 Å². The monoisotopic (exact) mass is 225 g/mol. The Hall–Kier alpha value is -0.940. The quantitative estimate of drug-likeness (QED) is 0.817. The standard InChI is InChI=1S/C11H19N3O2/c1-2-10-13-11(16-14-10)7-15-9-5-3-4-8(9)6-12/h8-9H,2-7,12H2,1H3. The van der Waals surface area contributed by atoms with Gasteiger partial charge in [-0.1, -0.05) is 18.5 Å². The molecule has 2 rings (SSSR count). The molecule has 0 saturated heterocycles. The second-order valence-electron chi connectivity index (χ2n) is 4.23. The minimum atomic E-state index is 0.266. The zero-order chi connectivity index (χ0) is 11.4. The summed E-state index contributed by atoms with van der Waals surface area (Å²) in [5.74, 6) is 1.80. The smallest absolute Gasteiger partial charge is 0.252 e. The van der Waals surface area contributed by atoms with Gasteiger partial charge in [0.25, 0.3) is 5.89 Å². The highest BCUT2D eigenvalue weighted by Crippen LogP contribution is 2.27. The summed E-state index contributed by atoms with van der Waals surface area (Å²) >= 11 is 0. The largest absolute Gasteiger partial charge is 0.368 e. The van der Waals surface area contributed by atoms with Crippen LogP contribution in [0.5, 0.6) is 0 Å². The molecule has 1 heterocycles. The van der Waals surface area contributed by atoms with Crippen molar-refractivity contribution in [2.24, 2.45) is 11.7 Å². The summed E-state index contributed by atoms with van der Waals surface area (Å²) < 4.78 is 10.8. The van der Waals surface area contributed by atoms with E-state index in [1.165, 1.54) is 12.8 Å². The van der Waals surface area contributed by atoms with Crippen molar-refractivity contribution >= 4 is 0 Å². The third-order valence-electron chi connectivity index (χ3n) is 3.14. The number of hydrogen-bond donors (Lipinski definition) is 1. The van der Waals surface area contributed by atoms with E-state index < -0.39 is 0 Å². The van der Waals surface area contributed by atoms with E-state index in [0.29, 0.717) is 25.0 Å². The van der Waals surface area contributed by atoms with Crippen LogP contribution in [0.1, 0.15) is 37.9 Å². The van der Waals surface area contributed by atoms with Crippen molar-refractivity contribution in [1.82, 2.24) is 10.1 Å². The predicted octanol–water partition coefficient (Wildman–Crippen LogP) is 1.28. The zero-order valence-corrected chi connectivity index (χ0v) is 9.69. The summed E-state index contributed by atoms with van der Waals surface area (Å²) in [6, 6.07) is 0. The van der Waals surface area contributed by atoms with E-state index in [2.05, 4.69) is 10.1 Å². The van der Waals surface area contributed by atoms with Crippen molar-refractivity contribution in [2.45, 2.75) is 45.3 Å². The van der Waals surface area contributed by atoms with Crippen LogP contribution in [0.25, 0.3) is 0 Å². The second kappa shape index (κ2) is 5.41. The molecule has 5 heteroatoms. The second-order valence-corrected chi connectivity index (χ2v) is 4.23. The fourth-order valence-electron chi connectivity index (χ4n) is 2.16. The molecule has 0 bridgehead atoms. The highest BCUT2D eigenvalue weighted by molar-refractivity contribution is 4.85. The van der Waals surface area contributed by atoms with E-state index in [0.717, 1.165) is 18.7 Å². The number of nitrogens with zero attached hydrogens (tertiary/aromatic N) is 2. The molecule has 1 aliphatic carbocycles. The number of aromatic nitrogens is 2. The van der Waals surface area contributed by atoms with Gasteiger partial charge in [0.2, 0.25) is 0 Å². The molecule has 0 amide bonds. The van der Waals surface area contributed by atoms with E-state index in [9.17, 15) is 0 Å². The lowest BCUT2D eigenvalue weighted by Gasteiger charge is -2.17. The van der Waals surface area contributed by atoms with Crippen LogP contribution >= 0.6 is 0 Å². The minimum absolute atomic E-state index is 0.266. The first-order valence-electron chi connectivity index (χ1n) is 5.96. The van der Waals surface area contributed by atoms with Gasteiger partial charge in [-0.25, -0.2) is 0 Å². The topological polar surface area (TPSA) is 74.2 Å². The Balaban J connectivity index is 1.82. The van der Waals surface area contributed by atoms with Gasteiger partial charge in [-0.3, -0.25) is 0 Å². The van der Waals surface area contributed by atoms with Crippen LogP contribution in [0.2, 0.25) is 0 Å². The number of rotatable bonds is 5. The lowest BCUT2D eigenvalue weighted by Crippen LogP contribution is -2.25. The molecule has 1 aliphatic rings. The average Bonchev–Trinajstić information content (AvgIpc) is 2.94. The Labute approximate surface area is 95.3 Å². The number of ether oxygens (including phenoxy) is 1. The van der Waals surface area contributed by atoms with Crippen LogP contribution in [0.15, 0.2) is 4.52 Å². The molecule has 1 aromatic heterocycles. The number of nitrogens with two attached hydrogens (primary N) is 1. The molecule has 1 aromatic rings. The Morgan fingerprint density at radius 3 is 3.06 bits per heavy atom. The van der Waals surface area contributed by atoms with Crippen molar-refractivity contribution in [3.8, 4) is 0 Å². The van der Waals surface area contributed by atoms with Gasteiger partial charge >= 0.3 is 0 Å². The van der Waals surface area contributed by atoms with Crippen LogP contribution in [0.3, 0.4) is 0 Å². The van der Waals surface area contributed by atoms with Crippen molar-refractivity contribution in [1.29, 1.82) is 0 Å². The van der Waals surface area contributed by atoms with E-state index in [-0.39, 0.29) is 6.10 Å². The lowest BCUT2D eigenvalue weighted by atomic mass is 10.1. The SMILES string of the molecule is CCc1noc(COC2CCCC2CN)n1. The van der Waals surface area contributed by atoms with Gasteiger partial charge in [0.1, 0.15) is 6.61 Å². The molecule has 5 nitrogen and oxygen atoms in total. The van der Waals surface area contributed by atoms with Gasteiger partial charge in [0, 0.05) is 6.42 Å². The molecule has 90 valence electrons. The Morgan fingerprint density at radius 2 is 2.38 bits per heavy atom. The Kier molecular flexibility index (Phi) is 3.90. The lowest BCUT2D eigenvalue weighted by molar-refractivity contribution is 0.00567. The van der Waals surface area contributed by atoms with Crippen molar-refractivity contribution in [3.63, 3.8) is 0 Å². The van der Waals surface area contributed by atoms with Crippen LogP contribution < -0.4 is 5.73 Å². The molecule has 1 saturated carbocycles. The summed E-state index contributed by atoms with van der Waals surface area (Å²) in [5.41, 5.74) is 5.69. The maximum absolute atomic E-state index is 5.77. The fraction of sp³-hybridized carbons (Fsp3) is 0.818. The molecule has 0 radical (unpaired) electrons. The molecule has 1 fully saturated rings. The summed E-state index contributed by atoms with van der Waals surface area (Å²) in [6.07, 6.45) is 4.53. The highest BCUT2D eigenvalue weighted by Gasteiger charge is 2.27. The van der Waals surface area contributed by atoms with Crippen molar-refractivity contribution in [3.05, 3.63) is 11.7 Å². The highest BCUT2D eigenvalue weighted by atomic mass is 16.5. The van der Waals surface area contributed by atoms with E-state index in [1.807, 2.05) is 6.92 Å². The number of hydrogen-bond acceptors (Lipinski definition) is 5. The average molecular weight is 225 g/mol. The first kappa shape index (κ1) is 11.5. The third-order valence-corrected chi connectivity index (χ3v) is 3.14. The molecule has 2 unspecified atom stereocenters. The molecular formula is C11H19N3O2. The van der Waals surface area contributed by atoms with Gasteiger partial charge in [-0.05, 0) is 25.3 Å². The van der Waals surface area contributed by atoms with Crippen molar-refractivity contribution < 1.29 is 9.26 Å². The van der Waals surface area contributed by atoms with Gasteiger partial charge in [0.15, 0.2) is 5.82 Å². The Bertz CT molecular complexity index is 327. The summed E-state index contributed by atoms with van der Waals surface area (Å²) in [4.78, 5) is 4.21. The van der Waals surface area contributed by atoms with Crippen LogP contribution in [-0.4, -0.2) is 22.8 Å². The molecule has 0 aliphatic heterocycles. The predicted molar refractivity (Wildman–Crippen MR) is 58.6 cm³/mol. The molecule has 2 atom stereocenters.